The van der Waals surface area contributed by atoms with Gasteiger partial charge in [-0.2, -0.15) is 5.10 Å². The summed E-state index contributed by atoms with van der Waals surface area (Å²) in [6, 6.07) is 11.2. The summed E-state index contributed by atoms with van der Waals surface area (Å²) < 4.78 is 6.76. The molecular weight excluding hydrogens is 368 g/mol. The molecule has 140 valence electrons. The molecule has 0 atom stereocenters. The van der Waals surface area contributed by atoms with Crippen molar-refractivity contribution in [1.82, 2.24) is 20.1 Å². The van der Waals surface area contributed by atoms with E-state index in [-0.39, 0.29) is 6.42 Å². The van der Waals surface area contributed by atoms with Gasteiger partial charge in [0.1, 0.15) is 10.9 Å². The number of ether oxygens (including phenoxy) is 1. The average molecular weight is 387 g/mol. The Labute approximate surface area is 161 Å². The zero-order chi connectivity index (χ0) is 19.2. The number of halogens is 1. The van der Waals surface area contributed by atoms with Crippen LogP contribution in [0.2, 0.25) is 5.15 Å². The van der Waals surface area contributed by atoms with Crippen LogP contribution in [0.1, 0.15) is 16.8 Å². The number of methoxy groups -OCH3 is 1. The number of carboxylic acids is 1. The van der Waals surface area contributed by atoms with Gasteiger partial charge in [0, 0.05) is 24.8 Å². The van der Waals surface area contributed by atoms with Crippen molar-refractivity contribution in [2.75, 3.05) is 7.11 Å². The topological polar surface area (TPSA) is 89.3 Å². The number of rotatable bonds is 8. The number of aromatic nitrogens is 3. The molecule has 8 heteroatoms. The lowest BCUT2D eigenvalue weighted by Crippen LogP contribution is -2.14. The van der Waals surface area contributed by atoms with Crippen LogP contribution in [0.4, 0.5) is 0 Å². The third kappa shape index (κ3) is 5.06. The molecule has 3 rings (SSSR count). The highest BCUT2D eigenvalue weighted by Crippen LogP contribution is 2.15. The van der Waals surface area contributed by atoms with Crippen LogP contribution in [0, 0.1) is 0 Å². The first-order valence-corrected chi connectivity index (χ1v) is 8.67. The fourth-order valence-electron chi connectivity index (χ4n) is 2.61. The van der Waals surface area contributed by atoms with Crippen LogP contribution in [0.25, 0.3) is 5.69 Å². The summed E-state index contributed by atoms with van der Waals surface area (Å²) >= 11 is 5.81. The number of hydrogen-bond donors (Lipinski definition) is 2. The Kier molecular flexibility index (Phi) is 6.05. The molecule has 2 aromatic heterocycles. The van der Waals surface area contributed by atoms with E-state index >= 15 is 0 Å². The monoisotopic (exact) mass is 386 g/mol. The predicted octanol–water partition coefficient (Wildman–Crippen LogP) is 2.85. The van der Waals surface area contributed by atoms with Crippen molar-refractivity contribution in [2.24, 2.45) is 0 Å². The fraction of sp³-hybridized carbons (Fsp3) is 0.211. The molecule has 0 radical (unpaired) electrons. The third-order valence-electron chi connectivity index (χ3n) is 3.98. The highest BCUT2D eigenvalue weighted by atomic mass is 35.5. The first-order valence-electron chi connectivity index (χ1n) is 8.30. The Hall–Kier alpha value is -2.90. The number of aliphatic carboxylic acids is 1. The summed E-state index contributed by atoms with van der Waals surface area (Å²) in [7, 11) is 1.63. The minimum atomic E-state index is -0.925. The molecule has 0 fully saturated rings. The largest absolute Gasteiger partial charge is 0.497 e. The summed E-state index contributed by atoms with van der Waals surface area (Å²) in [5.41, 5.74) is 3.15. The molecule has 2 N–H and O–H groups in total. The molecule has 0 aliphatic heterocycles. The summed E-state index contributed by atoms with van der Waals surface area (Å²) in [5, 5.41) is 17.3. The van der Waals surface area contributed by atoms with E-state index in [0.29, 0.717) is 29.6 Å². The zero-order valence-corrected chi connectivity index (χ0v) is 15.5. The van der Waals surface area contributed by atoms with Gasteiger partial charge >= 0.3 is 5.97 Å². The van der Waals surface area contributed by atoms with Gasteiger partial charge in [0.25, 0.3) is 0 Å². The SMILES string of the molecule is COc1ccc(CNCc2cn(-c3ccc(Cl)nc3)nc2CC(=O)O)cc1. The summed E-state index contributed by atoms with van der Waals surface area (Å²) in [6.45, 7) is 1.14. The molecule has 3 aromatic rings. The highest BCUT2D eigenvalue weighted by Gasteiger charge is 2.13. The molecule has 0 saturated heterocycles. The van der Waals surface area contributed by atoms with Crippen LogP contribution in [0.5, 0.6) is 5.75 Å². The van der Waals surface area contributed by atoms with Gasteiger partial charge < -0.3 is 15.2 Å². The molecule has 0 saturated carbocycles. The number of nitrogens with one attached hydrogen (secondary N) is 1. The van der Waals surface area contributed by atoms with Crippen LogP contribution in [-0.4, -0.2) is 33.0 Å². The second-order valence-corrected chi connectivity index (χ2v) is 6.29. The third-order valence-corrected chi connectivity index (χ3v) is 4.20. The van der Waals surface area contributed by atoms with Crippen LogP contribution in [0.3, 0.4) is 0 Å². The van der Waals surface area contributed by atoms with E-state index in [4.69, 9.17) is 21.4 Å². The number of carbonyl (C=O) groups is 1. The molecule has 0 aliphatic rings. The second kappa shape index (κ2) is 8.66. The molecule has 0 spiro atoms. The van der Waals surface area contributed by atoms with E-state index in [1.54, 1.807) is 30.1 Å². The average Bonchev–Trinajstić information content (AvgIpc) is 3.05. The molecule has 1 aromatic carbocycles. The fourth-order valence-corrected chi connectivity index (χ4v) is 2.72. The van der Waals surface area contributed by atoms with E-state index in [0.717, 1.165) is 16.9 Å². The van der Waals surface area contributed by atoms with Gasteiger partial charge in [-0.25, -0.2) is 9.67 Å². The Morgan fingerprint density at radius 3 is 2.63 bits per heavy atom. The van der Waals surface area contributed by atoms with Gasteiger partial charge in [0.15, 0.2) is 0 Å². The van der Waals surface area contributed by atoms with Crippen molar-refractivity contribution in [3.8, 4) is 11.4 Å². The smallest absolute Gasteiger partial charge is 0.309 e. The van der Waals surface area contributed by atoms with Crippen molar-refractivity contribution in [1.29, 1.82) is 0 Å². The molecular formula is C19H19ClN4O3. The van der Waals surface area contributed by atoms with Crippen LogP contribution < -0.4 is 10.1 Å². The van der Waals surface area contributed by atoms with E-state index < -0.39 is 5.97 Å². The second-order valence-electron chi connectivity index (χ2n) is 5.91. The molecule has 0 amide bonds. The van der Waals surface area contributed by atoms with E-state index in [1.807, 2.05) is 30.5 Å². The van der Waals surface area contributed by atoms with Crippen molar-refractivity contribution in [2.45, 2.75) is 19.5 Å². The quantitative estimate of drug-likeness (QED) is 0.579. The van der Waals surface area contributed by atoms with Gasteiger partial charge in [-0.05, 0) is 29.8 Å². The molecule has 0 unspecified atom stereocenters. The Balaban J connectivity index is 1.72. The molecule has 0 bridgehead atoms. The maximum Gasteiger partial charge on any atom is 0.309 e. The van der Waals surface area contributed by atoms with Gasteiger partial charge in [-0.3, -0.25) is 4.79 Å². The van der Waals surface area contributed by atoms with Crippen molar-refractivity contribution in [3.05, 3.63) is 70.8 Å². The minimum Gasteiger partial charge on any atom is -0.497 e. The van der Waals surface area contributed by atoms with Gasteiger partial charge in [0.2, 0.25) is 0 Å². The van der Waals surface area contributed by atoms with Gasteiger partial charge in [-0.15, -0.1) is 0 Å². The lowest BCUT2D eigenvalue weighted by molar-refractivity contribution is -0.136. The number of carboxylic acid groups (broad SMARTS) is 1. The molecule has 2 heterocycles. The van der Waals surface area contributed by atoms with Gasteiger partial charge in [0.05, 0.1) is 31.1 Å². The molecule has 0 aliphatic carbocycles. The standard InChI is InChI=1S/C19H19ClN4O3/c1-27-16-5-2-13(3-6-16)9-21-10-14-12-24(23-17(14)8-19(25)26)15-4-7-18(20)22-11-15/h2-7,11-12,21H,8-10H2,1H3,(H,25,26). The Morgan fingerprint density at radius 1 is 1.22 bits per heavy atom. The predicted molar refractivity (Wildman–Crippen MR) is 101 cm³/mol. The maximum atomic E-state index is 11.2. The molecule has 27 heavy (non-hydrogen) atoms. The lowest BCUT2D eigenvalue weighted by atomic mass is 10.2. The number of hydrogen-bond acceptors (Lipinski definition) is 5. The Bertz CT molecular complexity index is 908. The number of nitrogens with zero attached hydrogens (tertiary/aromatic N) is 3. The van der Waals surface area contributed by atoms with Gasteiger partial charge in [-0.1, -0.05) is 23.7 Å². The normalized spacial score (nSPS) is 10.7. The zero-order valence-electron chi connectivity index (χ0n) is 14.7. The molecule has 7 nitrogen and oxygen atoms in total. The maximum absolute atomic E-state index is 11.2. The first kappa shape index (κ1) is 18.9. The van der Waals surface area contributed by atoms with Crippen molar-refractivity contribution >= 4 is 17.6 Å². The summed E-state index contributed by atoms with van der Waals surface area (Å²) in [6.07, 6.45) is 3.26. The van der Waals surface area contributed by atoms with E-state index in [9.17, 15) is 4.79 Å². The minimum absolute atomic E-state index is 0.145. The number of pyridine rings is 1. The lowest BCUT2D eigenvalue weighted by Gasteiger charge is -2.06. The van der Waals surface area contributed by atoms with Crippen molar-refractivity contribution < 1.29 is 14.6 Å². The highest BCUT2D eigenvalue weighted by molar-refractivity contribution is 6.29. The van der Waals surface area contributed by atoms with Crippen LogP contribution >= 0.6 is 11.6 Å². The Morgan fingerprint density at radius 2 is 2.00 bits per heavy atom. The first-order chi connectivity index (χ1) is 13.0. The number of benzene rings is 1. The van der Waals surface area contributed by atoms with E-state index in [2.05, 4.69) is 15.4 Å². The summed E-state index contributed by atoms with van der Waals surface area (Å²) in [5.74, 6) is -0.119. The van der Waals surface area contributed by atoms with Crippen LogP contribution in [0.15, 0.2) is 48.8 Å². The van der Waals surface area contributed by atoms with E-state index in [1.165, 1.54) is 0 Å². The van der Waals surface area contributed by atoms with Crippen LogP contribution in [-0.2, 0) is 24.3 Å². The van der Waals surface area contributed by atoms with Crippen molar-refractivity contribution in [3.63, 3.8) is 0 Å². The summed E-state index contributed by atoms with van der Waals surface area (Å²) in [4.78, 5) is 15.2.